The Morgan fingerprint density at radius 3 is 1.94 bits per heavy atom. The van der Waals surface area contributed by atoms with Crippen LogP contribution in [0.4, 0.5) is 11.4 Å². The first-order valence-electron chi connectivity index (χ1n) is 11.5. The first-order valence-corrected chi connectivity index (χ1v) is 11.5. The van der Waals surface area contributed by atoms with Crippen molar-refractivity contribution in [2.75, 3.05) is 17.7 Å². The van der Waals surface area contributed by atoms with Gasteiger partial charge in [-0.05, 0) is 30.3 Å². The lowest BCUT2D eigenvalue weighted by molar-refractivity contribution is -0.115. The standard InChI is InChI=1S/C28H27N5O3/c1-19(34)29-24-14-22(15-25(16-24)30-20(2)35)28(36)32(3)17-23-18-33(26-12-8-5-9-13-26)31-27(23)21-10-6-4-7-11-21/h4-16,18H,17H2,1-3H3,(H,29,34)(H,30,35). The van der Waals surface area contributed by atoms with Crippen LogP contribution in [0.1, 0.15) is 29.8 Å². The summed E-state index contributed by atoms with van der Waals surface area (Å²) in [6, 6.07) is 24.4. The average Bonchev–Trinajstić information content (AvgIpc) is 3.27. The van der Waals surface area contributed by atoms with Crippen LogP contribution in [0.3, 0.4) is 0 Å². The molecule has 8 nitrogen and oxygen atoms in total. The third-order valence-electron chi connectivity index (χ3n) is 5.43. The maximum Gasteiger partial charge on any atom is 0.254 e. The fourth-order valence-corrected chi connectivity index (χ4v) is 3.93. The SMILES string of the molecule is CC(=O)Nc1cc(NC(C)=O)cc(C(=O)N(C)Cc2cn(-c3ccccc3)nc2-c2ccccc2)c1. The normalized spacial score (nSPS) is 10.5. The van der Waals surface area contributed by atoms with Crippen LogP contribution in [0.25, 0.3) is 16.9 Å². The number of amides is 3. The highest BCUT2D eigenvalue weighted by Gasteiger charge is 2.19. The third-order valence-corrected chi connectivity index (χ3v) is 5.43. The molecule has 0 fully saturated rings. The van der Waals surface area contributed by atoms with Gasteiger partial charge in [-0.3, -0.25) is 14.4 Å². The van der Waals surface area contributed by atoms with E-state index in [1.54, 1.807) is 30.1 Å². The largest absolute Gasteiger partial charge is 0.337 e. The third kappa shape index (κ3) is 5.85. The van der Waals surface area contributed by atoms with E-state index in [9.17, 15) is 14.4 Å². The Balaban J connectivity index is 1.67. The molecule has 0 bridgehead atoms. The zero-order valence-electron chi connectivity index (χ0n) is 20.4. The van der Waals surface area contributed by atoms with E-state index in [0.29, 0.717) is 23.5 Å². The second kappa shape index (κ2) is 10.7. The van der Waals surface area contributed by atoms with Gasteiger partial charge < -0.3 is 15.5 Å². The molecule has 4 rings (SSSR count). The van der Waals surface area contributed by atoms with Gasteiger partial charge in [-0.2, -0.15) is 5.10 Å². The summed E-state index contributed by atoms with van der Waals surface area (Å²) in [5, 5.41) is 10.2. The molecule has 1 aromatic heterocycles. The van der Waals surface area contributed by atoms with Crippen LogP contribution in [-0.4, -0.2) is 39.4 Å². The minimum atomic E-state index is -0.275. The monoisotopic (exact) mass is 481 g/mol. The van der Waals surface area contributed by atoms with Crippen molar-refractivity contribution in [2.45, 2.75) is 20.4 Å². The van der Waals surface area contributed by atoms with Crippen LogP contribution in [0.15, 0.2) is 85.1 Å². The summed E-state index contributed by atoms with van der Waals surface area (Å²) in [6.07, 6.45) is 1.93. The number of aromatic nitrogens is 2. The molecule has 0 saturated heterocycles. The van der Waals surface area contributed by atoms with Gasteiger partial charge in [0, 0.05) is 61.7 Å². The van der Waals surface area contributed by atoms with Crippen LogP contribution >= 0.6 is 0 Å². The van der Waals surface area contributed by atoms with Crippen molar-refractivity contribution in [1.82, 2.24) is 14.7 Å². The molecule has 0 saturated carbocycles. The molecular formula is C28H27N5O3. The molecule has 3 aromatic carbocycles. The second-order valence-corrected chi connectivity index (χ2v) is 8.47. The van der Waals surface area contributed by atoms with Gasteiger partial charge in [0.25, 0.3) is 5.91 Å². The number of carbonyl (C=O) groups excluding carboxylic acids is 3. The lowest BCUT2D eigenvalue weighted by atomic mass is 10.1. The molecular weight excluding hydrogens is 454 g/mol. The van der Waals surface area contributed by atoms with Gasteiger partial charge in [0.15, 0.2) is 0 Å². The highest BCUT2D eigenvalue weighted by atomic mass is 16.2. The molecule has 4 aromatic rings. The van der Waals surface area contributed by atoms with E-state index in [1.165, 1.54) is 13.8 Å². The van der Waals surface area contributed by atoms with Crippen molar-refractivity contribution < 1.29 is 14.4 Å². The average molecular weight is 482 g/mol. The summed E-state index contributed by atoms with van der Waals surface area (Å²) < 4.78 is 1.81. The summed E-state index contributed by atoms with van der Waals surface area (Å²) >= 11 is 0. The summed E-state index contributed by atoms with van der Waals surface area (Å²) in [7, 11) is 1.71. The molecule has 0 unspecified atom stereocenters. The molecule has 182 valence electrons. The van der Waals surface area contributed by atoms with Crippen molar-refractivity contribution in [3.05, 3.63) is 96.2 Å². The van der Waals surface area contributed by atoms with Gasteiger partial charge in [0.2, 0.25) is 11.8 Å². The van der Waals surface area contributed by atoms with E-state index >= 15 is 0 Å². The predicted octanol–water partition coefficient (Wildman–Crippen LogP) is 4.73. The molecule has 0 aliphatic carbocycles. The van der Waals surface area contributed by atoms with Gasteiger partial charge in [0.1, 0.15) is 0 Å². The lowest BCUT2D eigenvalue weighted by Gasteiger charge is -2.19. The topological polar surface area (TPSA) is 96.3 Å². The minimum absolute atomic E-state index is 0.264. The van der Waals surface area contributed by atoms with E-state index in [2.05, 4.69) is 10.6 Å². The molecule has 1 heterocycles. The van der Waals surface area contributed by atoms with Crippen LogP contribution in [0.2, 0.25) is 0 Å². The zero-order chi connectivity index (χ0) is 25.7. The van der Waals surface area contributed by atoms with Crippen molar-refractivity contribution >= 4 is 29.1 Å². The van der Waals surface area contributed by atoms with Crippen molar-refractivity contribution in [3.8, 4) is 16.9 Å². The van der Waals surface area contributed by atoms with Crippen molar-refractivity contribution in [1.29, 1.82) is 0 Å². The predicted molar refractivity (Wildman–Crippen MR) is 140 cm³/mol. The lowest BCUT2D eigenvalue weighted by Crippen LogP contribution is -2.26. The number of hydrogen-bond donors (Lipinski definition) is 2. The van der Waals surface area contributed by atoms with Crippen molar-refractivity contribution in [3.63, 3.8) is 0 Å². The molecule has 3 amide bonds. The summed E-state index contributed by atoms with van der Waals surface area (Å²) in [6.45, 7) is 3.07. The number of hydrogen-bond acceptors (Lipinski definition) is 4. The molecule has 0 spiro atoms. The van der Waals surface area contributed by atoms with E-state index in [1.807, 2.05) is 71.5 Å². The summed E-state index contributed by atoms with van der Waals surface area (Å²) in [4.78, 5) is 38.2. The highest BCUT2D eigenvalue weighted by molar-refractivity contribution is 5.99. The Bertz CT molecular complexity index is 1360. The number of anilines is 2. The van der Waals surface area contributed by atoms with Crippen LogP contribution < -0.4 is 10.6 Å². The Hall–Kier alpha value is -4.72. The van der Waals surface area contributed by atoms with Gasteiger partial charge in [0.05, 0.1) is 11.4 Å². The number of nitrogens with one attached hydrogen (secondary N) is 2. The van der Waals surface area contributed by atoms with Gasteiger partial charge in [-0.1, -0.05) is 48.5 Å². The quantitative estimate of drug-likeness (QED) is 0.399. The molecule has 0 atom stereocenters. The van der Waals surface area contributed by atoms with E-state index in [4.69, 9.17) is 5.10 Å². The maximum atomic E-state index is 13.4. The highest BCUT2D eigenvalue weighted by Crippen LogP contribution is 2.26. The van der Waals surface area contributed by atoms with E-state index < -0.39 is 0 Å². The van der Waals surface area contributed by atoms with Crippen LogP contribution in [-0.2, 0) is 16.1 Å². The fraction of sp³-hybridized carbons (Fsp3) is 0.143. The fourth-order valence-electron chi connectivity index (χ4n) is 3.93. The van der Waals surface area contributed by atoms with Gasteiger partial charge in [-0.25, -0.2) is 4.68 Å². The smallest absolute Gasteiger partial charge is 0.254 e. The Labute approximate surface area is 209 Å². The summed E-state index contributed by atoms with van der Waals surface area (Å²) in [5.41, 5.74) is 4.71. The number of nitrogens with zero attached hydrogens (tertiary/aromatic N) is 3. The number of benzene rings is 3. The summed E-state index contributed by atoms with van der Waals surface area (Å²) in [5.74, 6) is -0.814. The Morgan fingerprint density at radius 2 is 1.39 bits per heavy atom. The number of rotatable bonds is 7. The van der Waals surface area contributed by atoms with Gasteiger partial charge >= 0.3 is 0 Å². The maximum absolute atomic E-state index is 13.4. The Morgan fingerprint density at radius 1 is 0.833 bits per heavy atom. The Kier molecular flexibility index (Phi) is 7.25. The van der Waals surface area contributed by atoms with E-state index in [0.717, 1.165) is 22.5 Å². The second-order valence-electron chi connectivity index (χ2n) is 8.47. The number of para-hydroxylation sites is 1. The zero-order valence-corrected chi connectivity index (χ0v) is 20.4. The first kappa shape index (κ1) is 24.4. The first-order chi connectivity index (χ1) is 17.3. The molecule has 0 aliphatic rings. The van der Waals surface area contributed by atoms with E-state index in [-0.39, 0.29) is 17.7 Å². The number of carbonyl (C=O) groups is 3. The molecule has 0 radical (unpaired) electrons. The molecule has 36 heavy (non-hydrogen) atoms. The van der Waals surface area contributed by atoms with Crippen LogP contribution in [0.5, 0.6) is 0 Å². The van der Waals surface area contributed by atoms with Gasteiger partial charge in [-0.15, -0.1) is 0 Å². The molecule has 2 N–H and O–H groups in total. The van der Waals surface area contributed by atoms with Crippen LogP contribution in [0, 0.1) is 0 Å². The van der Waals surface area contributed by atoms with Crippen molar-refractivity contribution in [2.24, 2.45) is 0 Å². The minimum Gasteiger partial charge on any atom is -0.337 e. The molecule has 8 heteroatoms. The molecule has 0 aliphatic heterocycles.